The number of rotatable bonds is 3. The van der Waals surface area contributed by atoms with Gasteiger partial charge in [0.05, 0.1) is 10.0 Å². The highest BCUT2D eigenvalue weighted by Gasteiger charge is 2.31. The lowest BCUT2D eigenvalue weighted by Gasteiger charge is -2.16. The lowest BCUT2D eigenvalue weighted by Crippen LogP contribution is -2.28. The van der Waals surface area contributed by atoms with Gasteiger partial charge in [0, 0.05) is 31.6 Å². The van der Waals surface area contributed by atoms with Gasteiger partial charge in [0.15, 0.2) is 0 Å². The van der Waals surface area contributed by atoms with E-state index in [4.69, 9.17) is 28.9 Å². The Morgan fingerprint density at radius 3 is 2.48 bits per heavy atom. The van der Waals surface area contributed by atoms with E-state index in [9.17, 15) is 0 Å². The molecule has 0 amide bonds. The fourth-order valence-corrected chi connectivity index (χ4v) is 3.29. The van der Waals surface area contributed by atoms with E-state index in [0.717, 1.165) is 19.6 Å². The number of nitrogens with two attached hydrogens (primary N) is 1. The molecule has 2 atom stereocenters. The summed E-state index contributed by atoms with van der Waals surface area (Å²) in [5.74, 6) is 0.309. The number of halogens is 2. The van der Waals surface area contributed by atoms with Crippen LogP contribution in [0.4, 0.5) is 0 Å². The molecule has 2 nitrogen and oxygen atoms in total. The average Bonchev–Trinajstić information content (AvgIpc) is 2.84. The zero-order valence-electron chi connectivity index (χ0n) is 11.7. The van der Waals surface area contributed by atoms with Crippen LogP contribution >= 0.6 is 23.2 Å². The van der Waals surface area contributed by atoms with E-state index < -0.39 is 0 Å². The third-order valence-electron chi connectivity index (χ3n) is 4.06. The van der Waals surface area contributed by atoms with Crippen LogP contribution in [0.25, 0.3) is 0 Å². The van der Waals surface area contributed by atoms with Crippen molar-refractivity contribution >= 4 is 23.2 Å². The van der Waals surface area contributed by atoms with Crippen LogP contribution in [0, 0.1) is 0 Å². The Morgan fingerprint density at radius 1 is 1.00 bits per heavy atom. The maximum Gasteiger partial charge on any atom is 0.0595 e. The SMILES string of the molecule is N[C@@H]1CN(Cc2ccccc2)C[C@H]1c1ccc(Cl)c(Cl)c1. The van der Waals surface area contributed by atoms with Crippen LogP contribution in [-0.4, -0.2) is 24.0 Å². The van der Waals surface area contributed by atoms with Crippen molar-refractivity contribution in [2.24, 2.45) is 5.73 Å². The predicted molar refractivity (Wildman–Crippen MR) is 88.9 cm³/mol. The van der Waals surface area contributed by atoms with Gasteiger partial charge >= 0.3 is 0 Å². The minimum absolute atomic E-state index is 0.131. The van der Waals surface area contributed by atoms with Gasteiger partial charge in [-0.15, -0.1) is 0 Å². The van der Waals surface area contributed by atoms with Crippen molar-refractivity contribution in [2.45, 2.75) is 18.5 Å². The second-order valence-corrected chi connectivity index (χ2v) is 6.44. The van der Waals surface area contributed by atoms with E-state index in [-0.39, 0.29) is 6.04 Å². The van der Waals surface area contributed by atoms with Crippen LogP contribution in [-0.2, 0) is 6.54 Å². The third-order valence-corrected chi connectivity index (χ3v) is 4.80. The fourth-order valence-electron chi connectivity index (χ4n) is 2.98. The van der Waals surface area contributed by atoms with Gasteiger partial charge in [-0.25, -0.2) is 0 Å². The molecule has 2 aromatic carbocycles. The van der Waals surface area contributed by atoms with Crippen molar-refractivity contribution in [3.8, 4) is 0 Å². The van der Waals surface area contributed by atoms with Crippen LogP contribution in [0.3, 0.4) is 0 Å². The molecule has 1 aliphatic rings. The van der Waals surface area contributed by atoms with Crippen molar-refractivity contribution in [2.75, 3.05) is 13.1 Å². The topological polar surface area (TPSA) is 29.3 Å². The lowest BCUT2D eigenvalue weighted by molar-refractivity contribution is 0.324. The van der Waals surface area contributed by atoms with E-state index in [2.05, 4.69) is 29.2 Å². The molecule has 1 fully saturated rings. The first kappa shape index (κ1) is 14.9. The molecule has 1 saturated heterocycles. The van der Waals surface area contributed by atoms with Crippen molar-refractivity contribution < 1.29 is 0 Å². The third kappa shape index (κ3) is 3.41. The molecule has 1 heterocycles. The summed E-state index contributed by atoms with van der Waals surface area (Å²) in [4.78, 5) is 2.40. The molecule has 0 aliphatic carbocycles. The summed E-state index contributed by atoms with van der Waals surface area (Å²) in [6.07, 6.45) is 0. The normalized spacial score (nSPS) is 22.6. The summed E-state index contributed by atoms with van der Waals surface area (Å²) < 4.78 is 0. The quantitative estimate of drug-likeness (QED) is 0.928. The number of hydrogen-bond donors (Lipinski definition) is 1. The first-order chi connectivity index (χ1) is 10.1. The minimum Gasteiger partial charge on any atom is -0.326 e. The first-order valence-corrected chi connectivity index (χ1v) is 7.86. The molecule has 1 aliphatic heterocycles. The summed E-state index contributed by atoms with van der Waals surface area (Å²) in [5, 5.41) is 1.19. The molecule has 0 aromatic heterocycles. The van der Waals surface area contributed by atoms with Crippen LogP contribution in [0.15, 0.2) is 48.5 Å². The first-order valence-electron chi connectivity index (χ1n) is 7.10. The number of benzene rings is 2. The molecular formula is C17H18Cl2N2. The van der Waals surface area contributed by atoms with Crippen LogP contribution in [0.5, 0.6) is 0 Å². The van der Waals surface area contributed by atoms with E-state index in [0.29, 0.717) is 16.0 Å². The Balaban J connectivity index is 1.72. The van der Waals surface area contributed by atoms with Gasteiger partial charge in [-0.05, 0) is 23.3 Å². The monoisotopic (exact) mass is 320 g/mol. The second kappa shape index (κ2) is 6.37. The molecular weight excluding hydrogens is 303 g/mol. The minimum atomic E-state index is 0.131. The molecule has 0 unspecified atom stereocenters. The Labute approximate surface area is 135 Å². The van der Waals surface area contributed by atoms with Crippen molar-refractivity contribution in [1.29, 1.82) is 0 Å². The number of nitrogens with zero attached hydrogens (tertiary/aromatic N) is 1. The molecule has 21 heavy (non-hydrogen) atoms. The van der Waals surface area contributed by atoms with E-state index >= 15 is 0 Å². The van der Waals surface area contributed by atoms with Gasteiger partial charge in [0.2, 0.25) is 0 Å². The number of hydrogen-bond acceptors (Lipinski definition) is 2. The Kier molecular flexibility index (Phi) is 4.51. The van der Waals surface area contributed by atoms with Gasteiger partial charge in [0.25, 0.3) is 0 Å². The highest BCUT2D eigenvalue weighted by molar-refractivity contribution is 6.42. The summed E-state index contributed by atoms with van der Waals surface area (Å²) >= 11 is 12.1. The molecule has 4 heteroatoms. The van der Waals surface area contributed by atoms with Crippen LogP contribution in [0.1, 0.15) is 17.0 Å². The van der Waals surface area contributed by atoms with Gasteiger partial charge in [-0.3, -0.25) is 4.90 Å². The maximum absolute atomic E-state index is 6.33. The molecule has 0 saturated carbocycles. The summed E-state index contributed by atoms with van der Waals surface area (Å²) in [7, 11) is 0. The Hall–Kier alpha value is -1.06. The Bertz CT molecular complexity index is 615. The summed E-state index contributed by atoms with van der Waals surface area (Å²) in [6, 6.07) is 16.4. The van der Waals surface area contributed by atoms with Gasteiger partial charge in [0.1, 0.15) is 0 Å². The maximum atomic E-state index is 6.33. The van der Waals surface area contributed by atoms with Gasteiger partial charge in [-0.2, -0.15) is 0 Å². The van der Waals surface area contributed by atoms with Gasteiger partial charge < -0.3 is 5.73 Å². The average molecular weight is 321 g/mol. The van der Waals surface area contributed by atoms with E-state index in [1.54, 1.807) is 0 Å². The molecule has 2 aromatic rings. The van der Waals surface area contributed by atoms with Crippen LogP contribution < -0.4 is 5.73 Å². The molecule has 110 valence electrons. The zero-order chi connectivity index (χ0) is 14.8. The summed E-state index contributed by atoms with van der Waals surface area (Å²) in [6.45, 7) is 2.79. The molecule has 0 bridgehead atoms. The van der Waals surface area contributed by atoms with E-state index in [1.165, 1.54) is 11.1 Å². The molecule has 2 N–H and O–H groups in total. The highest BCUT2D eigenvalue weighted by Crippen LogP contribution is 2.31. The lowest BCUT2D eigenvalue weighted by atomic mass is 9.95. The predicted octanol–water partition coefficient (Wildman–Crippen LogP) is 3.92. The van der Waals surface area contributed by atoms with Crippen molar-refractivity contribution in [1.82, 2.24) is 4.90 Å². The zero-order valence-corrected chi connectivity index (χ0v) is 13.2. The molecule has 0 radical (unpaired) electrons. The van der Waals surface area contributed by atoms with E-state index in [1.807, 2.05) is 24.3 Å². The van der Waals surface area contributed by atoms with Crippen molar-refractivity contribution in [3.63, 3.8) is 0 Å². The summed E-state index contributed by atoms with van der Waals surface area (Å²) in [5.41, 5.74) is 8.82. The smallest absolute Gasteiger partial charge is 0.0595 e. The molecule has 0 spiro atoms. The highest BCUT2D eigenvalue weighted by atomic mass is 35.5. The number of likely N-dealkylation sites (tertiary alicyclic amines) is 1. The van der Waals surface area contributed by atoms with Crippen LogP contribution in [0.2, 0.25) is 10.0 Å². The standard InChI is InChI=1S/C17H18Cl2N2/c18-15-7-6-13(8-16(15)19)14-10-21(11-17(14)20)9-12-4-2-1-3-5-12/h1-8,14,17H,9-11,20H2/t14-,17+/m0/s1. The van der Waals surface area contributed by atoms with Gasteiger partial charge in [-0.1, -0.05) is 59.6 Å². The molecule has 3 rings (SSSR count). The Morgan fingerprint density at radius 2 is 1.76 bits per heavy atom. The fraction of sp³-hybridized carbons (Fsp3) is 0.294. The second-order valence-electron chi connectivity index (χ2n) is 5.62. The largest absolute Gasteiger partial charge is 0.326 e. The van der Waals surface area contributed by atoms with Crippen molar-refractivity contribution in [3.05, 3.63) is 69.7 Å².